The van der Waals surface area contributed by atoms with Gasteiger partial charge in [-0.15, -0.1) is 0 Å². The number of anilines is 1. The highest BCUT2D eigenvalue weighted by molar-refractivity contribution is 7.10. The van der Waals surface area contributed by atoms with Gasteiger partial charge in [-0.05, 0) is 22.3 Å². The van der Waals surface area contributed by atoms with Crippen LogP contribution in [0.5, 0.6) is 0 Å². The van der Waals surface area contributed by atoms with Gasteiger partial charge in [-0.25, -0.2) is 0 Å². The maximum Gasteiger partial charge on any atom is 0.249 e. The number of benzene rings is 3. The van der Waals surface area contributed by atoms with Gasteiger partial charge in [0.25, 0.3) is 0 Å². The molecular formula is C25H24N4O2S. The summed E-state index contributed by atoms with van der Waals surface area (Å²) in [5.74, 6) is -0.0246. The largest absolute Gasteiger partial charge is 0.344 e. The summed E-state index contributed by atoms with van der Waals surface area (Å²) in [4.78, 5) is 30.0. The van der Waals surface area contributed by atoms with Gasteiger partial charge in [-0.1, -0.05) is 86.6 Å². The summed E-state index contributed by atoms with van der Waals surface area (Å²) in [5, 5.41) is 8.29. The van der Waals surface area contributed by atoms with Gasteiger partial charge in [-0.3, -0.25) is 14.9 Å². The molecule has 0 radical (unpaired) electrons. The Bertz CT molecular complexity index is 1240. The van der Waals surface area contributed by atoms with Gasteiger partial charge in [0.2, 0.25) is 16.9 Å². The van der Waals surface area contributed by atoms with Gasteiger partial charge in [0, 0.05) is 17.1 Å². The number of nitrogens with one attached hydrogen (secondary N) is 2. The van der Waals surface area contributed by atoms with Crippen LogP contribution >= 0.6 is 11.5 Å². The molecule has 4 aromatic rings. The number of nitrogens with zero attached hydrogens (tertiary/aromatic N) is 2. The normalized spacial score (nSPS) is 12.0. The van der Waals surface area contributed by atoms with Crippen LogP contribution in [-0.4, -0.2) is 27.2 Å². The highest BCUT2D eigenvalue weighted by atomic mass is 32.1. The summed E-state index contributed by atoms with van der Waals surface area (Å²) in [6.07, 6.45) is 0.207. The molecule has 162 valence electrons. The predicted molar refractivity (Wildman–Crippen MR) is 128 cm³/mol. The first-order chi connectivity index (χ1) is 15.5. The van der Waals surface area contributed by atoms with Crippen molar-refractivity contribution in [3.8, 4) is 11.4 Å². The molecule has 4 rings (SSSR count). The summed E-state index contributed by atoms with van der Waals surface area (Å²) >= 11 is 1.12. The average Bonchev–Trinajstić information content (AvgIpc) is 3.26. The number of aromatic nitrogens is 2. The van der Waals surface area contributed by atoms with Crippen LogP contribution in [0.3, 0.4) is 0 Å². The van der Waals surface area contributed by atoms with Gasteiger partial charge in [-0.2, -0.15) is 9.36 Å². The smallest absolute Gasteiger partial charge is 0.249 e. The minimum Gasteiger partial charge on any atom is -0.344 e. The first-order valence-electron chi connectivity index (χ1n) is 10.5. The second-order valence-corrected chi connectivity index (χ2v) is 8.68. The fourth-order valence-corrected chi connectivity index (χ4v) is 4.05. The number of hydrogen-bond acceptors (Lipinski definition) is 5. The molecule has 0 saturated heterocycles. The van der Waals surface area contributed by atoms with Crippen LogP contribution in [0.4, 0.5) is 5.13 Å². The Morgan fingerprint density at radius 2 is 1.66 bits per heavy atom. The van der Waals surface area contributed by atoms with Crippen molar-refractivity contribution in [1.82, 2.24) is 14.7 Å². The van der Waals surface area contributed by atoms with Gasteiger partial charge < -0.3 is 5.32 Å². The second kappa shape index (κ2) is 9.70. The second-order valence-electron chi connectivity index (χ2n) is 7.93. The van der Waals surface area contributed by atoms with Crippen molar-refractivity contribution in [2.75, 3.05) is 5.32 Å². The Morgan fingerprint density at radius 1 is 0.938 bits per heavy atom. The first-order valence-corrected chi connectivity index (χ1v) is 11.2. The quantitative estimate of drug-likeness (QED) is 0.433. The van der Waals surface area contributed by atoms with Crippen LogP contribution in [0.25, 0.3) is 22.2 Å². The maximum atomic E-state index is 12.9. The predicted octanol–water partition coefficient (Wildman–Crippen LogP) is 4.68. The van der Waals surface area contributed by atoms with Crippen molar-refractivity contribution < 1.29 is 9.59 Å². The van der Waals surface area contributed by atoms with E-state index in [1.807, 2.05) is 86.6 Å². The molecule has 1 heterocycles. The van der Waals surface area contributed by atoms with E-state index in [1.165, 1.54) is 0 Å². The van der Waals surface area contributed by atoms with Gasteiger partial charge in [0.05, 0.1) is 6.42 Å². The molecule has 1 unspecified atom stereocenters. The fraction of sp³-hybridized carbons (Fsp3) is 0.200. The molecule has 0 bridgehead atoms. The minimum absolute atomic E-state index is 0.0860. The molecule has 2 amide bonds. The Morgan fingerprint density at radius 3 is 2.41 bits per heavy atom. The fourth-order valence-electron chi connectivity index (χ4n) is 3.46. The molecule has 0 saturated carbocycles. The Hall–Kier alpha value is -3.58. The first kappa shape index (κ1) is 21.6. The minimum atomic E-state index is -0.674. The molecule has 1 aromatic heterocycles. The molecule has 6 nitrogen and oxygen atoms in total. The van der Waals surface area contributed by atoms with Gasteiger partial charge in [0.15, 0.2) is 5.82 Å². The number of fused-ring (bicyclic) bond motifs is 1. The summed E-state index contributed by atoms with van der Waals surface area (Å²) in [7, 11) is 0. The van der Waals surface area contributed by atoms with E-state index in [2.05, 4.69) is 20.0 Å². The third-order valence-corrected chi connectivity index (χ3v) is 5.76. The van der Waals surface area contributed by atoms with Crippen molar-refractivity contribution in [2.24, 2.45) is 5.92 Å². The van der Waals surface area contributed by atoms with E-state index in [-0.39, 0.29) is 24.2 Å². The number of amides is 2. The van der Waals surface area contributed by atoms with Crippen LogP contribution in [0, 0.1) is 5.92 Å². The zero-order chi connectivity index (χ0) is 22.5. The van der Waals surface area contributed by atoms with Crippen LogP contribution in [0.15, 0.2) is 72.8 Å². The average molecular weight is 445 g/mol. The van der Waals surface area contributed by atoms with E-state index in [9.17, 15) is 9.59 Å². The molecule has 0 fully saturated rings. The molecule has 0 spiro atoms. The van der Waals surface area contributed by atoms with Gasteiger partial charge >= 0.3 is 0 Å². The molecule has 1 atom stereocenters. The van der Waals surface area contributed by atoms with Crippen molar-refractivity contribution in [1.29, 1.82) is 0 Å². The molecule has 0 aliphatic rings. The molecule has 0 aliphatic heterocycles. The zero-order valence-electron chi connectivity index (χ0n) is 17.9. The summed E-state index contributed by atoms with van der Waals surface area (Å²) in [6, 6.07) is 22.9. The van der Waals surface area contributed by atoms with E-state index < -0.39 is 6.04 Å². The van der Waals surface area contributed by atoms with Crippen LogP contribution < -0.4 is 10.6 Å². The maximum absolute atomic E-state index is 12.9. The number of rotatable bonds is 7. The van der Waals surface area contributed by atoms with E-state index in [4.69, 9.17) is 0 Å². The van der Waals surface area contributed by atoms with Crippen LogP contribution in [0.1, 0.15) is 19.4 Å². The van der Waals surface area contributed by atoms with E-state index >= 15 is 0 Å². The third kappa shape index (κ3) is 5.18. The van der Waals surface area contributed by atoms with Gasteiger partial charge in [0.1, 0.15) is 6.04 Å². The zero-order valence-corrected chi connectivity index (χ0v) is 18.7. The Kier molecular flexibility index (Phi) is 6.56. The van der Waals surface area contributed by atoms with Crippen molar-refractivity contribution in [3.05, 3.63) is 78.4 Å². The topological polar surface area (TPSA) is 84.0 Å². The Balaban J connectivity index is 1.40. The monoisotopic (exact) mass is 444 g/mol. The lowest BCUT2D eigenvalue weighted by Gasteiger charge is -2.21. The van der Waals surface area contributed by atoms with E-state index in [0.29, 0.717) is 11.0 Å². The summed E-state index contributed by atoms with van der Waals surface area (Å²) < 4.78 is 4.31. The SMILES string of the molecule is CC(C)C(NC(=O)Cc1ccc2ccccc2c1)C(=O)Nc1nc(-c2ccccc2)ns1. The van der Waals surface area contributed by atoms with Crippen LogP contribution in [-0.2, 0) is 16.0 Å². The lowest BCUT2D eigenvalue weighted by molar-refractivity contribution is -0.127. The van der Waals surface area contributed by atoms with E-state index in [1.54, 1.807) is 0 Å². The standard InChI is InChI=1S/C25H24N4O2S/c1-16(2)22(24(31)28-25-27-23(29-32-25)19-9-4-3-5-10-19)26-21(30)15-17-12-13-18-8-6-7-11-20(18)14-17/h3-14,16,22H,15H2,1-2H3,(H,26,30)(H,27,28,29,31). The molecule has 7 heteroatoms. The number of carbonyl (C=O) groups is 2. The van der Waals surface area contributed by atoms with Crippen LogP contribution in [0.2, 0.25) is 0 Å². The molecule has 3 aromatic carbocycles. The third-order valence-electron chi connectivity index (χ3n) is 5.13. The van der Waals surface area contributed by atoms with Crippen molar-refractivity contribution >= 4 is 39.3 Å². The van der Waals surface area contributed by atoms with Crippen molar-refractivity contribution in [2.45, 2.75) is 26.3 Å². The van der Waals surface area contributed by atoms with Crippen molar-refractivity contribution in [3.63, 3.8) is 0 Å². The van der Waals surface area contributed by atoms with E-state index in [0.717, 1.165) is 33.4 Å². The summed E-state index contributed by atoms with van der Waals surface area (Å²) in [5.41, 5.74) is 1.79. The number of carbonyl (C=O) groups excluding carboxylic acids is 2. The Labute approximate surface area is 190 Å². The highest BCUT2D eigenvalue weighted by Crippen LogP contribution is 2.21. The molecule has 32 heavy (non-hydrogen) atoms. The highest BCUT2D eigenvalue weighted by Gasteiger charge is 2.25. The lowest BCUT2D eigenvalue weighted by atomic mass is 10.0. The molecule has 0 aliphatic carbocycles. The lowest BCUT2D eigenvalue weighted by Crippen LogP contribution is -2.47. The molecule has 2 N–H and O–H groups in total. The summed E-state index contributed by atoms with van der Waals surface area (Å²) in [6.45, 7) is 3.80. The number of hydrogen-bond donors (Lipinski definition) is 2. The molecular weight excluding hydrogens is 420 g/mol.